The van der Waals surface area contributed by atoms with E-state index in [2.05, 4.69) is 18.7 Å². The van der Waals surface area contributed by atoms with E-state index in [9.17, 15) is 0 Å². The molecule has 1 radical (unpaired) electrons. The number of unbranched alkanes of at least 4 members (excludes halogenated alkanes) is 2. The van der Waals surface area contributed by atoms with E-state index in [1.807, 2.05) is 0 Å². The van der Waals surface area contributed by atoms with E-state index in [1.165, 1.54) is 31.4 Å². The molecule has 0 bridgehead atoms. The molecule has 1 aliphatic rings. The molecule has 0 aromatic heterocycles. The molecule has 0 unspecified atom stereocenters. The molecule has 0 aromatic rings. The molecule has 1 aliphatic heterocycles. The van der Waals surface area contributed by atoms with Crippen molar-refractivity contribution in [1.82, 2.24) is 0 Å². The van der Waals surface area contributed by atoms with Gasteiger partial charge in [-0.25, -0.2) is 0 Å². The molecule has 0 N–H and O–H groups in total. The maximum Gasteiger partial charge on any atom is 0.0476 e. The predicted molar refractivity (Wildman–Crippen MR) is 55.5 cm³/mol. The van der Waals surface area contributed by atoms with Crippen LogP contribution in [0, 0.1) is 6.92 Å². The highest BCUT2D eigenvalue weighted by molar-refractivity contribution is 7.99. The Morgan fingerprint density at radius 1 is 1.25 bits per heavy atom. The third kappa shape index (κ3) is 4.36. The van der Waals surface area contributed by atoms with Crippen molar-refractivity contribution in [1.29, 1.82) is 0 Å². The van der Waals surface area contributed by atoms with Crippen LogP contribution < -0.4 is 0 Å². The van der Waals surface area contributed by atoms with E-state index < -0.39 is 0 Å². The normalized spacial score (nSPS) is 19.8. The summed E-state index contributed by atoms with van der Waals surface area (Å²) in [6.07, 6.45) is 6.24. The van der Waals surface area contributed by atoms with Crippen molar-refractivity contribution in [2.45, 2.75) is 37.4 Å². The minimum absolute atomic E-state index is 0.878. The summed E-state index contributed by atoms with van der Waals surface area (Å²) in [5, 5.41) is 0.878. The van der Waals surface area contributed by atoms with Crippen LogP contribution in [0.5, 0.6) is 0 Å². The second-order valence-corrected chi connectivity index (χ2v) is 4.65. The summed E-state index contributed by atoms with van der Waals surface area (Å²) in [5.41, 5.74) is 0. The Morgan fingerprint density at radius 2 is 2.00 bits per heavy atom. The van der Waals surface area contributed by atoms with E-state index in [4.69, 9.17) is 4.74 Å². The fourth-order valence-corrected chi connectivity index (χ4v) is 2.60. The molecule has 71 valence electrons. The van der Waals surface area contributed by atoms with E-state index in [1.54, 1.807) is 0 Å². The minimum atomic E-state index is 0.878. The summed E-state index contributed by atoms with van der Waals surface area (Å²) < 4.78 is 5.30. The zero-order valence-electron chi connectivity index (χ0n) is 7.76. The Hall–Kier alpha value is 0.310. The first-order valence-corrected chi connectivity index (χ1v) is 5.97. The van der Waals surface area contributed by atoms with Crippen LogP contribution in [0.4, 0.5) is 0 Å². The van der Waals surface area contributed by atoms with Crippen LogP contribution in [0.25, 0.3) is 0 Å². The topological polar surface area (TPSA) is 9.23 Å². The van der Waals surface area contributed by atoms with Gasteiger partial charge in [0.25, 0.3) is 0 Å². The van der Waals surface area contributed by atoms with Gasteiger partial charge in [0.05, 0.1) is 0 Å². The Bertz CT molecular complexity index is 100. The van der Waals surface area contributed by atoms with E-state index in [0.717, 1.165) is 24.9 Å². The van der Waals surface area contributed by atoms with Gasteiger partial charge in [0.1, 0.15) is 0 Å². The number of ether oxygens (including phenoxy) is 1. The third-order valence-electron chi connectivity index (χ3n) is 2.17. The fraction of sp³-hybridized carbons (Fsp3) is 0.900. The molecule has 0 saturated carbocycles. The molecule has 0 amide bonds. The van der Waals surface area contributed by atoms with Gasteiger partial charge in [-0.2, -0.15) is 11.8 Å². The summed E-state index contributed by atoms with van der Waals surface area (Å²) in [6, 6.07) is 0. The van der Waals surface area contributed by atoms with Crippen molar-refractivity contribution >= 4 is 11.8 Å². The van der Waals surface area contributed by atoms with Crippen molar-refractivity contribution in [2.24, 2.45) is 0 Å². The lowest BCUT2D eigenvalue weighted by molar-refractivity contribution is 0.100. The fourth-order valence-electron chi connectivity index (χ4n) is 1.37. The molecule has 2 heteroatoms. The minimum Gasteiger partial charge on any atom is -0.381 e. The molecular weight excluding hydrogens is 168 g/mol. The predicted octanol–water partition coefficient (Wildman–Crippen LogP) is 2.90. The molecule has 1 fully saturated rings. The standard InChI is InChI=1S/C10H19OS/c1-2-3-4-9-12-10-5-7-11-8-6-10/h10H,1-9H2. The van der Waals surface area contributed by atoms with Gasteiger partial charge in [-0.3, -0.25) is 0 Å². The van der Waals surface area contributed by atoms with Crippen LogP contribution in [-0.2, 0) is 4.74 Å². The Balaban J connectivity index is 1.91. The monoisotopic (exact) mass is 187 g/mol. The van der Waals surface area contributed by atoms with Gasteiger partial charge in [-0.05, 0) is 25.0 Å². The molecule has 1 heterocycles. The maximum absolute atomic E-state index is 5.30. The zero-order valence-corrected chi connectivity index (χ0v) is 8.57. The van der Waals surface area contributed by atoms with Crippen LogP contribution in [-0.4, -0.2) is 24.2 Å². The van der Waals surface area contributed by atoms with E-state index in [0.29, 0.717) is 0 Å². The molecule has 12 heavy (non-hydrogen) atoms. The number of hydrogen-bond acceptors (Lipinski definition) is 2. The highest BCUT2D eigenvalue weighted by atomic mass is 32.2. The van der Waals surface area contributed by atoms with E-state index in [-0.39, 0.29) is 0 Å². The average Bonchev–Trinajstić information content (AvgIpc) is 2.14. The van der Waals surface area contributed by atoms with Gasteiger partial charge in [0, 0.05) is 18.5 Å². The smallest absolute Gasteiger partial charge is 0.0476 e. The summed E-state index contributed by atoms with van der Waals surface area (Å²) in [7, 11) is 0. The van der Waals surface area contributed by atoms with Crippen molar-refractivity contribution in [3.63, 3.8) is 0 Å². The molecule has 1 nitrogen and oxygen atoms in total. The largest absolute Gasteiger partial charge is 0.381 e. The van der Waals surface area contributed by atoms with Crippen LogP contribution in [0.1, 0.15) is 32.1 Å². The summed E-state index contributed by atoms with van der Waals surface area (Å²) in [5.74, 6) is 1.32. The Kier molecular flexibility index (Phi) is 5.88. The molecule has 0 spiro atoms. The number of hydrogen-bond donors (Lipinski definition) is 0. The van der Waals surface area contributed by atoms with Crippen LogP contribution in [0.2, 0.25) is 0 Å². The third-order valence-corrected chi connectivity index (χ3v) is 3.63. The molecule has 0 aliphatic carbocycles. The zero-order chi connectivity index (χ0) is 8.65. The first-order chi connectivity index (χ1) is 5.93. The van der Waals surface area contributed by atoms with Crippen LogP contribution in [0.15, 0.2) is 0 Å². The number of rotatable bonds is 5. The summed E-state index contributed by atoms with van der Waals surface area (Å²) >= 11 is 2.13. The number of thioether (sulfide) groups is 1. The Labute approximate surface area is 80.3 Å². The highest BCUT2D eigenvalue weighted by Crippen LogP contribution is 2.22. The van der Waals surface area contributed by atoms with Gasteiger partial charge in [0.15, 0.2) is 0 Å². The lowest BCUT2D eigenvalue weighted by Crippen LogP contribution is -2.17. The van der Waals surface area contributed by atoms with Crippen molar-refractivity contribution in [3.05, 3.63) is 6.92 Å². The van der Waals surface area contributed by atoms with Crippen molar-refractivity contribution < 1.29 is 4.74 Å². The van der Waals surface area contributed by atoms with Gasteiger partial charge in [-0.15, -0.1) is 0 Å². The van der Waals surface area contributed by atoms with E-state index >= 15 is 0 Å². The van der Waals surface area contributed by atoms with Gasteiger partial charge < -0.3 is 4.74 Å². The molecular formula is C10H19OS. The van der Waals surface area contributed by atoms with Crippen LogP contribution >= 0.6 is 11.8 Å². The Morgan fingerprint density at radius 3 is 2.67 bits per heavy atom. The van der Waals surface area contributed by atoms with Crippen molar-refractivity contribution in [2.75, 3.05) is 19.0 Å². The van der Waals surface area contributed by atoms with Gasteiger partial charge in [-0.1, -0.05) is 19.8 Å². The lowest BCUT2D eigenvalue weighted by atomic mass is 10.2. The second kappa shape index (κ2) is 6.79. The van der Waals surface area contributed by atoms with Crippen LogP contribution in [0.3, 0.4) is 0 Å². The van der Waals surface area contributed by atoms with Crippen molar-refractivity contribution in [3.8, 4) is 0 Å². The highest BCUT2D eigenvalue weighted by Gasteiger charge is 2.12. The summed E-state index contributed by atoms with van der Waals surface area (Å²) in [6.45, 7) is 5.80. The lowest BCUT2D eigenvalue weighted by Gasteiger charge is -2.21. The average molecular weight is 187 g/mol. The van der Waals surface area contributed by atoms with Gasteiger partial charge in [0.2, 0.25) is 0 Å². The molecule has 0 aromatic carbocycles. The SMILES string of the molecule is [CH2]CCCCSC1CCOCC1. The second-order valence-electron chi connectivity index (χ2n) is 3.24. The van der Waals surface area contributed by atoms with Gasteiger partial charge >= 0.3 is 0 Å². The maximum atomic E-state index is 5.30. The summed E-state index contributed by atoms with van der Waals surface area (Å²) in [4.78, 5) is 0. The molecule has 1 saturated heterocycles. The molecule has 1 rings (SSSR count). The first-order valence-electron chi connectivity index (χ1n) is 4.92. The molecule has 0 atom stereocenters. The first kappa shape index (κ1) is 10.4. The quantitative estimate of drug-likeness (QED) is 0.612.